The summed E-state index contributed by atoms with van der Waals surface area (Å²) in [4.78, 5) is 27.8. The second-order valence-corrected chi connectivity index (χ2v) is 3.73. The number of carbonyl (C=O) groups excluding carboxylic acids is 1. The molecule has 1 aromatic heterocycles. The van der Waals surface area contributed by atoms with Gasteiger partial charge in [-0.25, -0.2) is 4.79 Å². The van der Waals surface area contributed by atoms with Gasteiger partial charge in [-0.15, -0.1) is 0 Å². The standard InChI is InChI=1S/C11H14N4O3/c12-3-4-18-6-10(16)13-7-1-2-8-9(5-7)15-11(17)14-8/h1-2,5H,3-4,6,12H2,(H,13,16)(H2,14,15,17). The Kier molecular flexibility index (Phi) is 3.75. The van der Waals surface area contributed by atoms with Crippen molar-refractivity contribution in [1.29, 1.82) is 0 Å². The first-order valence-corrected chi connectivity index (χ1v) is 5.49. The predicted octanol–water partition coefficient (Wildman–Crippen LogP) is -0.230. The van der Waals surface area contributed by atoms with Gasteiger partial charge in [-0.1, -0.05) is 0 Å². The number of amides is 1. The van der Waals surface area contributed by atoms with Gasteiger partial charge >= 0.3 is 5.69 Å². The van der Waals surface area contributed by atoms with Crippen molar-refractivity contribution in [3.05, 3.63) is 28.7 Å². The summed E-state index contributed by atoms with van der Waals surface area (Å²) in [5.41, 5.74) is 6.89. The molecule has 1 amide bonds. The molecule has 1 heterocycles. The van der Waals surface area contributed by atoms with E-state index in [0.717, 1.165) is 0 Å². The van der Waals surface area contributed by atoms with Gasteiger partial charge in [0.1, 0.15) is 6.61 Å². The molecule has 0 unspecified atom stereocenters. The van der Waals surface area contributed by atoms with Crippen LogP contribution in [0.25, 0.3) is 11.0 Å². The van der Waals surface area contributed by atoms with Gasteiger partial charge in [-0.05, 0) is 18.2 Å². The van der Waals surface area contributed by atoms with Crippen LogP contribution in [0.5, 0.6) is 0 Å². The van der Waals surface area contributed by atoms with Crippen LogP contribution in [0.15, 0.2) is 23.0 Å². The zero-order valence-corrected chi connectivity index (χ0v) is 9.66. The molecule has 18 heavy (non-hydrogen) atoms. The number of aromatic amines is 2. The number of rotatable bonds is 5. The molecule has 0 bridgehead atoms. The number of fused-ring (bicyclic) bond motifs is 1. The van der Waals surface area contributed by atoms with Crippen LogP contribution in [-0.4, -0.2) is 35.6 Å². The number of anilines is 1. The van der Waals surface area contributed by atoms with Crippen molar-refractivity contribution in [3.8, 4) is 0 Å². The quantitative estimate of drug-likeness (QED) is 0.549. The molecular formula is C11H14N4O3. The molecule has 1 aromatic carbocycles. The molecule has 0 atom stereocenters. The predicted molar refractivity (Wildman–Crippen MR) is 67.4 cm³/mol. The lowest BCUT2D eigenvalue weighted by molar-refractivity contribution is -0.120. The molecule has 0 aliphatic heterocycles. The SMILES string of the molecule is NCCOCC(=O)Nc1ccc2[nH]c(=O)[nH]c2c1. The average Bonchev–Trinajstić information content (AvgIpc) is 2.69. The maximum atomic E-state index is 11.5. The van der Waals surface area contributed by atoms with E-state index in [0.29, 0.717) is 29.9 Å². The number of benzene rings is 1. The largest absolute Gasteiger partial charge is 0.370 e. The van der Waals surface area contributed by atoms with E-state index in [4.69, 9.17) is 10.5 Å². The van der Waals surface area contributed by atoms with Crippen molar-refractivity contribution in [3.63, 3.8) is 0 Å². The van der Waals surface area contributed by atoms with E-state index in [-0.39, 0.29) is 18.2 Å². The van der Waals surface area contributed by atoms with Crippen molar-refractivity contribution in [2.75, 3.05) is 25.1 Å². The first-order chi connectivity index (χ1) is 8.69. The maximum Gasteiger partial charge on any atom is 0.323 e. The Hall–Kier alpha value is -2.12. The normalized spacial score (nSPS) is 10.7. The summed E-state index contributed by atoms with van der Waals surface area (Å²) in [5, 5.41) is 2.66. The van der Waals surface area contributed by atoms with Crippen LogP contribution >= 0.6 is 0 Å². The van der Waals surface area contributed by atoms with E-state index in [1.54, 1.807) is 18.2 Å². The van der Waals surface area contributed by atoms with Crippen LogP contribution in [0.3, 0.4) is 0 Å². The second kappa shape index (κ2) is 5.48. The van der Waals surface area contributed by atoms with E-state index in [1.807, 2.05) is 0 Å². The topological polar surface area (TPSA) is 113 Å². The fraction of sp³-hybridized carbons (Fsp3) is 0.273. The number of hydrogen-bond donors (Lipinski definition) is 4. The van der Waals surface area contributed by atoms with Gasteiger partial charge in [0.25, 0.3) is 0 Å². The number of hydrogen-bond acceptors (Lipinski definition) is 4. The number of nitrogens with one attached hydrogen (secondary N) is 3. The molecule has 0 aliphatic rings. The minimum atomic E-state index is -0.278. The van der Waals surface area contributed by atoms with Crippen molar-refractivity contribution in [2.24, 2.45) is 5.73 Å². The van der Waals surface area contributed by atoms with Gasteiger partial charge in [0.05, 0.1) is 17.6 Å². The number of H-pyrrole nitrogens is 2. The Morgan fingerprint density at radius 2 is 2.11 bits per heavy atom. The third-order valence-corrected chi connectivity index (χ3v) is 2.30. The molecule has 2 aromatic rings. The van der Waals surface area contributed by atoms with Crippen LogP contribution in [-0.2, 0) is 9.53 Å². The Bertz CT molecular complexity index is 602. The van der Waals surface area contributed by atoms with E-state index < -0.39 is 0 Å². The molecular weight excluding hydrogens is 236 g/mol. The fourth-order valence-corrected chi connectivity index (χ4v) is 1.56. The molecule has 0 aliphatic carbocycles. The smallest absolute Gasteiger partial charge is 0.323 e. The molecule has 0 radical (unpaired) electrons. The van der Waals surface area contributed by atoms with E-state index in [2.05, 4.69) is 15.3 Å². The monoisotopic (exact) mass is 250 g/mol. The first kappa shape index (κ1) is 12.3. The highest BCUT2D eigenvalue weighted by atomic mass is 16.5. The fourth-order valence-electron chi connectivity index (χ4n) is 1.56. The number of imidazole rings is 1. The minimum Gasteiger partial charge on any atom is -0.370 e. The number of nitrogens with two attached hydrogens (primary N) is 1. The molecule has 96 valence electrons. The Morgan fingerprint density at radius 3 is 2.89 bits per heavy atom. The van der Waals surface area contributed by atoms with Gasteiger partial charge in [0.15, 0.2) is 0 Å². The number of aromatic nitrogens is 2. The maximum absolute atomic E-state index is 11.5. The van der Waals surface area contributed by atoms with Crippen LogP contribution in [0.2, 0.25) is 0 Å². The van der Waals surface area contributed by atoms with E-state index in [1.165, 1.54) is 0 Å². The second-order valence-electron chi connectivity index (χ2n) is 3.73. The zero-order chi connectivity index (χ0) is 13.0. The highest BCUT2D eigenvalue weighted by molar-refractivity contribution is 5.93. The highest BCUT2D eigenvalue weighted by Gasteiger charge is 2.04. The molecule has 7 heteroatoms. The third-order valence-electron chi connectivity index (χ3n) is 2.30. The van der Waals surface area contributed by atoms with E-state index >= 15 is 0 Å². The summed E-state index contributed by atoms with van der Waals surface area (Å²) in [7, 11) is 0. The lowest BCUT2D eigenvalue weighted by Gasteiger charge is -2.05. The summed E-state index contributed by atoms with van der Waals surface area (Å²) >= 11 is 0. The van der Waals surface area contributed by atoms with Gasteiger partial charge < -0.3 is 25.8 Å². The molecule has 0 fully saturated rings. The average molecular weight is 250 g/mol. The summed E-state index contributed by atoms with van der Waals surface area (Å²) < 4.78 is 5.01. The van der Waals surface area contributed by atoms with Crippen LogP contribution < -0.4 is 16.7 Å². The summed E-state index contributed by atoms with van der Waals surface area (Å²) in [6, 6.07) is 5.09. The highest BCUT2D eigenvalue weighted by Crippen LogP contribution is 2.14. The lowest BCUT2D eigenvalue weighted by atomic mass is 10.3. The van der Waals surface area contributed by atoms with Gasteiger partial charge in [0.2, 0.25) is 5.91 Å². The summed E-state index contributed by atoms with van der Waals surface area (Å²) in [6.45, 7) is 0.681. The Labute approximate surface area is 102 Å². The summed E-state index contributed by atoms with van der Waals surface area (Å²) in [5.74, 6) is -0.263. The lowest BCUT2D eigenvalue weighted by Crippen LogP contribution is -2.20. The van der Waals surface area contributed by atoms with Gasteiger partial charge in [-0.3, -0.25) is 4.79 Å². The van der Waals surface area contributed by atoms with Crippen LogP contribution in [0, 0.1) is 0 Å². The van der Waals surface area contributed by atoms with Crippen LogP contribution in [0.1, 0.15) is 0 Å². The van der Waals surface area contributed by atoms with Crippen LogP contribution in [0.4, 0.5) is 5.69 Å². The molecule has 7 nitrogen and oxygen atoms in total. The van der Waals surface area contributed by atoms with Gasteiger partial charge in [-0.2, -0.15) is 0 Å². The van der Waals surface area contributed by atoms with Crippen molar-refractivity contribution >= 4 is 22.6 Å². The summed E-state index contributed by atoms with van der Waals surface area (Å²) in [6.07, 6.45) is 0. The van der Waals surface area contributed by atoms with Gasteiger partial charge in [0, 0.05) is 12.2 Å². The molecule has 2 rings (SSSR count). The Morgan fingerprint density at radius 1 is 1.33 bits per heavy atom. The molecule has 0 spiro atoms. The van der Waals surface area contributed by atoms with Crippen molar-refractivity contribution in [2.45, 2.75) is 0 Å². The van der Waals surface area contributed by atoms with Crippen molar-refractivity contribution in [1.82, 2.24) is 9.97 Å². The molecule has 0 saturated heterocycles. The Balaban J connectivity index is 2.02. The third kappa shape index (κ3) is 2.96. The number of ether oxygens (including phenoxy) is 1. The first-order valence-electron chi connectivity index (χ1n) is 5.49. The van der Waals surface area contributed by atoms with Crippen molar-refractivity contribution < 1.29 is 9.53 Å². The van der Waals surface area contributed by atoms with E-state index in [9.17, 15) is 9.59 Å². The zero-order valence-electron chi connectivity index (χ0n) is 9.66. The molecule has 5 N–H and O–H groups in total. The number of carbonyl (C=O) groups is 1. The minimum absolute atomic E-state index is 0.0428. The molecule has 0 saturated carbocycles.